The van der Waals surface area contributed by atoms with Gasteiger partial charge in [-0.05, 0) is 6.07 Å². The molecule has 1 rings (SSSR count). The predicted molar refractivity (Wildman–Crippen MR) is 65.4 cm³/mol. The van der Waals surface area contributed by atoms with Gasteiger partial charge in [-0.2, -0.15) is 0 Å². The summed E-state index contributed by atoms with van der Waals surface area (Å²) in [6, 6.07) is 2.74. The molecule has 0 bridgehead atoms. The average molecular weight is 300 g/mol. The molecular weight excluding hydrogens is 290 g/mol. The van der Waals surface area contributed by atoms with Gasteiger partial charge < -0.3 is 14.6 Å². The van der Waals surface area contributed by atoms with Crippen molar-refractivity contribution in [3.63, 3.8) is 0 Å². The van der Waals surface area contributed by atoms with Gasteiger partial charge >= 0.3 is 5.97 Å². The number of carbonyl (C=O) groups is 1. The summed E-state index contributed by atoms with van der Waals surface area (Å²) in [6.07, 6.45) is -1.16. The Morgan fingerprint density at radius 1 is 1.29 bits per heavy atom. The SMILES string of the molecule is COCC(Oc1cc(Cl)c(Cl)cc1Cl)C(=O)O. The number of hydrogen-bond donors (Lipinski definition) is 1. The zero-order valence-electron chi connectivity index (χ0n) is 8.75. The van der Waals surface area contributed by atoms with Gasteiger partial charge in [0.05, 0.1) is 21.7 Å². The van der Waals surface area contributed by atoms with Crippen molar-refractivity contribution in [2.75, 3.05) is 13.7 Å². The van der Waals surface area contributed by atoms with E-state index in [9.17, 15) is 4.79 Å². The molecule has 0 heterocycles. The smallest absolute Gasteiger partial charge is 0.347 e. The first-order chi connectivity index (χ1) is 7.95. The van der Waals surface area contributed by atoms with Crippen LogP contribution in [-0.2, 0) is 9.53 Å². The number of rotatable bonds is 5. The van der Waals surface area contributed by atoms with E-state index in [1.165, 1.54) is 19.2 Å². The maximum atomic E-state index is 10.8. The predicted octanol–water partition coefficient (Wildman–Crippen LogP) is 3.13. The lowest BCUT2D eigenvalue weighted by atomic mass is 10.3. The second-order valence-electron chi connectivity index (χ2n) is 3.10. The summed E-state index contributed by atoms with van der Waals surface area (Å²) in [5.74, 6) is -1.01. The van der Waals surface area contributed by atoms with Crippen molar-refractivity contribution in [1.82, 2.24) is 0 Å². The Labute approximate surface area is 113 Å². The highest BCUT2D eigenvalue weighted by molar-refractivity contribution is 6.43. The van der Waals surface area contributed by atoms with Crippen LogP contribution >= 0.6 is 34.8 Å². The molecule has 1 atom stereocenters. The number of hydrogen-bond acceptors (Lipinski definition) is 3. The van der Waals surface area contributed by atoms with Gasteiger partial charge in [0.15, 0.2) is 0 Å². The van der Waals surface area contributed by atoms with E-state index >= 15 is 0 Å². The minimum absolute atomic E-state index is 0.105. The highest BCUT2D eigenvalue weighted by atomic mass is 35.5. The lowest BCUT2D eigenvalue weighted by Gasteiger charge is -2.15. The highest BCUT2D eigenvalue weighted by Crippen LogP contribution is 2.34. The van der Waals surface area contributed by atoms with E-state index in [1.54, 1.807) is 0 Å². The maximum Gasteiger partial charge on any atom is 0.347 e. The molecule has 0 aliphatic heterocycles. The van der Waals surface area contributed by atoms with Gasteiger partial charge in [-0.1, -0.05) is 34.8 Å². The highest BCUT2D eigenvalue weighted by Gasteiger charge is 2.21. The molecule has 1 aromatic rings. The average Bonchev–Trinajstić information content (AvgIpc) is 2.24. The Morgan fingerprint density at radius 2 is 1.88 bits per heavy atom. The lowest BCUT2D eigenvalue weighted by molar-refractivity contribution is -0.147. The van der Waals surface area contributed by atoms with Crippen molar-refractivity contribution in [3.8, 4) is 5.75 Å². The number of halogens is 3. The molecule has 94 valence electrons. The molecule has 1 unspecified atom stereocenters. The van der Waals surface area contributed by atoms with Crippen LogP contribution in [0.3, 0.4) is 0 Å². The van der Waals surface area contributed by atoms with Gasteiger partial charge in [-0.15, -0.1) is 0 Å². The van der Waals surface area contributed by atoms with Crippen LogP contribution in [0, 0.1) is 0 Å². The molecule has 0 saturated heterocycles. The van der Waals surface area contributed by atoms with Crippen LogP contribution in [0.25, 0.3) is 0 Å². The molecule has 0 saturated carbocycles. The minimum Gasteiger partial charge on any atom is -0.478 e. The van der Waals surface area contributed by atoms with E-state index in [0.717, 1.165) is 0 Å². The fourth-order valence-corrected chi connectivity index (χ4v) is 1.64. The third-order valence-electron chi connectivity index (χ3n) is 1.84. The maximum absolute atomic E-state index is 10.8. The van der Waals surface area contributed by atoms with E-state index in [-0.39, 0.29) is 27.4 Å². The molecule has 4 nitrogen and oxygen atoms in total. The first-order valence-corrected chi connectivity index (χ1v) is 5.62. The molecule has 0 aliphatic carbocycles. The van der Waals surface area contributed by atoms with Gasteiger partial charge in [0.2, 0.25) is 6.10 Å². The van der Waals surface area contributed by atoms with Crippen LogP contribution in [0.2, 0.25) is 15.1 Å². The molecule has 0 aromatic heterocycles. The monoisotopic (exact) mass is 298 g/mol. The Balaban J connectivity index is 2.93. The standard InChI is InChI=1S/C10H9Cl3O4/c1-16-4-9(10(14)15)17-8-3-6(12)5(11)2-7(8)13/h2-3,9H,4H2,1H3,(H,14,15). The largest absolute Gasteiger partial charge is 0.478 e. The molecule has 0 amide bonds. The van der Waals surface area contributed by atoms with Gasteiger partial charge in [0, 0.05) is 13.2 Å². The van der Waals surface area contributed by atoms with E-state index in [2.05, 4.69) is 0 Å². The summed E-state index contributed by atoms with van der Waals surface area (Å²) in [5.41, 5.74) is 0. The summed E-state index contributed by atoms with van der Waals surface area (Å²) >= 11 is 17.4. The first-order valence-electron chi connectivity index (χ1n) is 4.48. The molecule has 0 fully saturated rings. The number of carboxylic acid groups (broad SMARTS) is 1. The Kier molecular flexibility index (Phi) is 5.33. The van der Waals surface area contributed by atoms with Crippen LogP contribution in [0.1, 0.15) is 0 Å². The van der Waals surface area contributed by atoms with Gasteiger partial charge in [0.1, 0.15) is 5.75 Å². The number of ether oxygens (including phenoxy) is 2. The van der Waals surface area contributed by atoms with E-state index in [1.807, 2.05) is 0 Å². The number of methoxy groups -OCH3 is 1. The van der Waals surface area contributed by atoms with Crippen molar-refractivity contribution in [3.05, 3.63) is 27.2 Å². The molecule has 0 spiro atoms. The van der Waals surface area contributed by atoms with Crippen LogP contribution in [0.4, 0.5) is 0 Å². The zero-order chi connectivity index (χ0) is 13.0. The Morgan fingerprint density at radius 3 is 2.41 bits per heavy atom. The second-order valence-corrected chi connectivity index (χ2v) is 4.32. The van der Waals surface area contributed by atoms with Crippen LogP contribution in [0.5, 0.6) is 5.75 Å². The molecule has 1 aromatic carbocycles. The summed E-state index contributed by atoms with van der Waals surface area (Å²) in [4.78, 5) is 10.8. The van der Waals surface area contributed by atoms with Crippen molar-refractivity contribution < 1.29 is 19.4 Å². The van der Waals surface area contributed by atoms with E-state index in [4.69, 9.17) is 49.4 Å². The fourth-order valence-electron chi connectivity index (χ4n) is 1.05. The lowest BCUT2D eigenvalue weighted by Crippen LogP contribution is -2.31. The van der Waals surface area contributed by atoms with Gasteiger partial charge in [0.25, 0.3) is 0 Å². The Hall–Kier alpha value is -0.680. The fraction of sp³-hybridized carbons (Fsp3) is 0.300. The summed E-state index contributed by atoms with van der Waals surface area (Å²) < 4.78 is 9.91. The zero-order valence-corrected chi connectivity index (χ0v) is 11.0. The van der Waals surface area contributed by atoms with Gasteiger partial charge in [-0.3, -0.25) is 0 Å². The Bertz CT molecular complexity index is 422. The number of benzene rings is 1. The van der Waals surface area contributed by atoms with Crippen LogP contribution in [-0.4, -0.2) is 30.9 Å². The third-order valence-corrected chi connectivity index (χ3v) is 2.86. The summed E-state index contributed by atoms with van der Waals surface area (Å²) in [7, 11) is 1.37. The van der Waals surface area contributed by atoms with E-state index < -0.39 is 12.1 Å². The second kappa shape index (κ2) is 6.31. The van der Waals surface area contributed by atoms with Crippen LogP contribution < -0.4 is 4.74 Å². The molecule has 0 radical (unpaired) electrons. The van der Waals surface area contributed by atoms with E-state index in [0.29, 0.717) is 0 Å². The van der Waals surface area contributed by atoms with Crippen molar-refractivity contribution in [2.45, 2.75) is 6.10 Å². The van der Waals surface area contributed by atoms with Crippen molar-refractivity contribution >= 4 is 40.8 Å². The molecule has 7 heteroatoms. The molecule has 0 aliphatic rings. The molecule has 1 N–H and O–H groups in total. The topological polar surface area (TPSA) is 55.8 Å². The summed E-state index contributed by atoms with van der Waals surface area (Å²) in [5, 5.41) is 9.55. The first kappa shape index (κ1) is 14.4. The van der Waals surface area contributed by atoms with Crippen molar-refractivity contribution in [2.24, 2.45) is 0 Å². The molecular formula is C10H9Cl3O4. The minimum atomic E-state index is -1.16. The normalized spacial score (nSPS) is 12.2. The molecule has 17 heavy (non-hydrogen) atoms. The van der Waals surface area contributed by atoms with Crippen LogP contribution in [0.15, 0.2) is 12.1 Å². The van der Waals surface area contributed by atoms with Gasteiger partial charge in [-0.25, -0.2) is 4.79 Å². The summed E-state index contributed by atoms with van der Waals surface area (Å²) in [6.45, 7) is -0.105. The van der Waals surface area contributed by atoms with Crippen molar-refractivity contribution in [1.29, 1.82) is 0 Å². The number of carboxylic acids is 1. The quantitative estimate of drug-likeness (QED) is 0.849. The third kappa shape index (κ3) is 3.92. The number of aliphatic carboxylic acids is 1.